The quantitative estimate of drug-likeness (QED) is 0.844. The van der Waals surface area contributed by atoms with Gasteiger partial charge >= 0.3 is 0 Å². The molecule has 0 radical (unpaired) electrons. The Morgan fingerprint density at radius 1 is 1.10 bits per heavy atom. The number of hydrogen-bond donors (Lipinski definition) is 2. The lowest BCUT2D eigenvalue weighted by Crippen LogP contribution is -2.12. The van der Waals surface area contributed by atoms with Gasteiger partial charge in [0.15, 0.2) is 0 Å². The predicted molar refractivity (Wildman–Crippen MR) is 91.1 cm³/mol. The van der Waals surface area contributed by atoms with E-state index in [4.69, 9.17) is 18.0 Å². The number of nitrogens with zero attached hydrogens (tertiary/aromatic N) is 1. The van der Waals surface area contributed by atoms with Crippen LogP contribution in [0.4, 0.5) is 17.1 Å². The monoisotopic (exact) mass is 285 g/mol. The van der Waals surface area contributed by atoms with E-state index in [1.807, 2.05) is 51.4 Å². The smallest absolute Gasteiger partial charge is 0.106 e. The fourth-order valence-corrected chi connectivity index (χ4v) is 2.20. The molecule has 104 valence electrons. The number of rotatable bonds is 4. The Labute approximate surface area is 125 Å². The van der Waals surface area contributed by atoms with Gasteiger partial charge in [0.05, 0.1) is 5.69 Å². The first-order valence-corrected chi connectivity index (χ1v) is 6.83. The van der Waals surface area contributed by atoms with Crippen molar-refractivity contribution in [1.82, 2.24) is 0 Å². The molecule has 0 fully saturated rings. The molecular weight excluding hydrogens is 266 g/mol. The van der Waals surface area contributed by atoms with Gasteiger partial charge in [-0.15, -0.1) is 0 Å². The molecule has 3 N–H and O–H groups in total. The first-order chi connectivity index (χ1) is 9.49. The van der Waals surface area contributed by atoms with Gasteiger partial charge in [-0.2, -0.15) is 0 Å². The summed E-state index contributed by atoms with van der Waals surface area (Å²) in [5.74, 6) is 0. The Hall–Kier alpha value is -2.07. The molecule has 2 aromatic carbocycles. The molecule has 0 aliphatic rings. The fourth-order valence-electron chi connectivity index (χ4n) is 2.03. The van der Waals surface area contributed by atoms with Crippen LogP contribution in [0.15, 0.2) is 42.5 Å². The second-order valence-electron chi connectivity index (χ2n) is 4.93. The molecule has 3 nitrogen and oxygen atoms in total. The third-order valence-electron chi connectivity index (χ3n) is 3.19. The van der Waals surface area contributed by atoms with Gasteiger partial charge in [-0.1, -0.05) is 24.4 Å². The molecule has 0 heterocycles. The van der Waals surface area contributed by atoms with E-state index in [0.29, 0.717) is 4.99 Å². The summed E-state index contributed by atoms with van der Waals surface area (Å²) in [5.41, 5.74) is 10.9. The number of aryl methyl sites for hydroxylation is 1. The number of para-hydroxylation sites is 1. The van der Waals surface area contributed by atoms with Crippen LogP contribution in [0.2, 0.25) is 0 Å². The summed E-state index contributed by atoms with van der Waals surface area (Å²) in [6.07, 6.45) is 0. The van der Waals surface area contributed by atoms with Crippen LogP contribution in [0.1, 0.15) is 11.1 Å². The lowest BCUT2D eigenvalue weighted by Gasteiger charge is -2.16. The number of benzene rings is 2. The van der Waals surface area contributed by atoms with Crippen LogP contribution in [0.3, 0.4) is 0 Å². The standard InChI is InChI=1S/C16H19N3S/c1-11-5-4-6-14(16(17)20)15(11)18-12-7-9-13(10-8-12)19(2)3/h4-10,18H,1-3H3,(H2,17,20). The molecule has 0 saturated heterocycles. The number of anilines is 3. The molecule has 4 heteroatoms. The van der Waals surface area contributed by atoms with Crippen molar-refractivity contribution in [3.05, 3.63) is 53.6 Å². The third-order valence-corrected chi connectivity index (χ3v) is 3.41. The SMILES string of the molecule is Cc1cccc(C(N)=S)c1Nc1ccc(N(C)C)cc1. The minimum atomic E-state index is 0.404. The van der Waals surface area contributed by atoms with Gasteiger partial charge in [-0.05, 0) is 42.8 Å². The molecule has 0 atom stereocenters. The van der Waals surface area contributed by atoms with E-state index in [1.54, 1.807) is 0 Å². The summed E-state index contributed by atoms with van der Waals surface area (Å²) >= 11 is 5.11. The van der Waals surface area contributed by atoms with Crippen LogP contribution in [0.25, 0.3) is 0 Å². The van der Waals surface area contributed by atoms with E-state index in [-0.39, 0.29) is 0 Å². The normalized spacial score (nSPS) is 10.2. The molecule has 0 bridgehead atoms. The molecule has 0 aromatic heterocycles. The number of nitrogens with one attached hydrogen (secondary N) is 1. The molecule has 20 heavy (non-hydrogen) atoms. The van der Waals surface area contributed by atoms with Gasteiger partial charge in [-0.3, -0.25) is 0 Å². The zero-order valence-electron chi connectivity index (χ0n) is 12.0. The predicted octanol–water partition coefficient (Wildman–Crippen LogP) is 3.44. The molecule has 0 amide bonds. The highest BCUT2D eigenvalue weighted by molar-refractivity contribution is 7.80. The van der Waals surface area contributed by atoms with Crippen molar-refractivity contribution in [3.63, 3.8) is 0 Å². The van der Waals surface area contributed by atoms with Crippen LogP contribution < -0.4 is 16.0 Å². The summed E-state index contributed by atoms with van der Waals surface area (Å²) in [6, 6.07) is 14.2. The Kier molecular flexibility index (Phi) is 4.25. The van der Waals surface area contributed by atoms with E-state index >= 15 is 0 Å². The average molecular weight is 285 g/mol. The molecule has 2 aromatic rings. The van der Waals surface area contributed by atoms with E-state index in [9.17, 15) is 0 Å². The van der Waals surface area contributed by atoms with E-state index in [2.05, 4.69) is 22.3 Å². The van der Waals surface area contributed by atoms with Crippen molar-refractivity contribution < 1.29 is 0 Å². The maximum atomic E-state index is 5.79. The minimum absolute atomic E-state index is 0.404. The summed E-state index contributed by atoms with van der Waals surface area (Å²) in [6.45, 7) is 2.04. The van der Waals surface area contributed by atoms with Gasteiger partial charge in [-0.25, -0.2) is 0 Å². The lowest BCUT2D eigenvalue weighted by atomic mass is 10.1. The van der Waals surface area contributed by atoms with E-state index in [1.165, 1.54) is 0 Å². The minimum Gasteiger partial charge on any atom is -0.389 e. The van der Waals surface area contributed by atoms with Crippen molar-refractivity contribution in [2.45, 2.75) is 6.92 Å². The number of hydrogen-bond acceptors (Lipinski definition) is 3. The molecule has 0 saturated carbocycles. The molecule has 0 unspecified atom stereocenters. The van der Waals surface area contributed by atoms with Crippen LogP contribution in [-0.2, 0) is 0 Å². The second-order valence-corrected chi connectivity index (χ2v) is 5.37. The maximum Gasteiger partial charge on any atom is 0.106 e. The first kappa shape index (κ1) is 14.3. The van der Waals surface area contributed by atoms with Crippen molar-refractivity contribution in [2.24, 2.45) is 5.73 Å². The Morgan fingerprint density at radius 3 is 2.30 bits per heavy atom. The highest BCUT2D eigenvalue weighted by Crippen LogP contribution is 2.26. The summed E-state index contributed by atoms with van der Waals surface area (Å²) < 4.78 is 0. The Bertz CT molecular complexity index is 618. The van der Waals surface area contributed by atoms with Crippen molar-refractivity contribution in [3.8, 4) is 0 Å². The second kappa shape index (κ2) is 5.92. The average Bonchev–Trinajstić information content (AvgIpc) is 2.41. The van der Waals surface area contributed by atoms with Gasteiger partial charge in [0.1, 0.15) is 4.99 Å². The molecule has 0 spiro atoms. The van der Waals surface area contributed by atoms with Crippen LogP contribution in [0, 0.1) is 6.92 Å². The first-order valence-electron chi connectivity index (χ1n) is 6.43. The molecule has 0 aliphatic heterocycles. The maximum absolute atomic E-state index is 5.79. The van der Waals surface area contributed by atoms with Crippen molar-refractivity contribution >= 4 is 34.3 Å². The topological polar surface area (TPSA) is 41.3 Å². The summed E-state index contributed by atoms with van der Waals surface area (Å²) in [5, 5.41) is 3.40. The van der Waals surface area contributed by atoms with Crippen molar-refractivity contribution in [2.75, 3.05) is 24.3 Å². The number of nitrogens with two attached hydrogens (primary N) is 1. The molecule has 2 rings (SSSR count). The largest absolute Gasteiger partial charge is 0.389 e. The van der Waals surface area contributed by atoms with Crippen molar-refractivity contribution in [1.29, 1.82) is 0 Å². The number of thiocarbonyl (C=S) groups is 1. The summed E-state index contributed by atoms with van der Waals surface area (Å²) in [4.78, 5) is 2.47. The summed E-state index contributed by atoms with van der Waals surface area (Å²) in [7, 11) is 4.05. The Balaban J connectivity index is 2.32. The lowest BCUT2D eigenvalue weighted by molar-refractivity contribution is 1.13. The van der Waals surface area contributed by atoms with Gasteiger partial charge < -0.3 is 16.0 Å². The Morgan fingerprint density at radius 2 is 1.75 bits per heavy atom. The van der Waals surface area contributed by atoms with Crippen LogP contribution in [-0.4, -0.2) is 19.1 Å². The highest BCUT2D eigenvalue weighted by Gasteiger charge is 2.08. The third kappa shape index (κ3) is 3.08. The van der Waals surface area contributed by atoms with Gasteiger partial charge in [0.25, 0.3) is 0 Å². The molecule has 0 aliphatic carbocycles. The highest BCUT2D eigenvalue weighted by atomic mass is 32.1. The van der Waals surface area contributed by atoms with Gasteiger partial charge in [0.2, 0.25) is 0 Å². The zero-order chi connectivity index (χ0) is 14.7. The van der Waals surface area contributed by atoms with E-state index < -0.39 is 0 Å². The fraction of sp³-hybridized carbons (Fsp3) is 0.188. The van der Waals surface area contributed by atoms with Crippen LogP contribution in [0.5, 0.6) is 0 Å². The van der Waals surface area contributed by atoms with E-state index in [0.717, 1.165) is 28.2 Å². The zero-order valence-corrected chi connectivity index (χ0v) is 12.8. The van der Waals surface area contributed by atoms with Crippen LogP contribution >= 0.6 is 12.2 Å². The molecular formula is C16H19N3S. The van der Waals surface area contributed by atoms with Gasteiger partial charge in [0, 0.05) is 31.0 Å².